The number of nitrogens with two attached hydrogens (primary N) is 1. The van der Waals surface area contributed by atoms with Crippen LogP contribution in [0.4, 0.5) is 5.95 Å². The summed E-state index contributed by atoms with van der Waals surface area (Å²) < 4.78 is 28.1. The molecule has 0 bridgehead atoms. The number of nitrogens with zero attached hydrogens (tertiary/aromatic N) is 4. The average molecular weight is 282 g/mol. The van der Waals surface area contributed by atoms with Gasteiger partial charge in [-0.15, -0.1) is 0 Å². The van der Waals surface area contributed by atoms with Gasteiger partial charge in [-0.05, 0) is 6.92 Å². The van der Waals surface area contributed by atoms with Crippen molar-refractivity contribution < 1.29 is 8.42 Å². The third-order valence-corrected chi connectivity index (χ3v) is 4.10. The average Bonchev–Trinajstić information content (AvgIpc) is 2.68. The van der Waals surface area contributed by atoms with Gasteiger partial charge in [0.25, 0.3) is 0 Å². The van der Waals surface area contributed by atoms with E-state index < -0.39 is 10.0 Å². The first kappa shape index (κ1) is 13.4. The molecule has 0 spiro atoms. The highest BCUT2D eigenvalue weighted by molar-refractivity contribution is 7.89. The lowest BCUT2D eigenvalue weighted by atomic mass is 10.3. The summed E-state index contributed by atoms with van der Waals surface area (Å²) in [4.78, 5) is 7.28. The normalized spacial score (nSPS) is 11.7. The molecule has 0 radical (unpaired) electrons. The monoisotopic (exact) mass is 282 g/mol. The van der Waals surface area contributed by atoms with E-state index in [-0.39, 0.29) is 17.4 Å². The number of hydrogen-bond acceptors (Lipinski definition) is 6. The van der Waals surface area contributed by atoms with Gasteiger partial charge in [-0.2, -0.15) is 5.10 Å². The van der Waals surface area contributed by atoms with E-state index >= 15 is 0 Å². The largest absolute Gasteiger partial charge is 0.368 e. The predicted molar refractivity (Wildman–Crippen MR) is 68.4 cm³/mol. The van der Waals surface area contributed by atoms with Crippen molar-refractivity contribution in [2.75, 3.05) is 5.73 Å². The zero-order valence-electron chi connectivity index (χ0n) is 10.5. The maximum Gasteiger partial charge on any atom is 0.243 e. The van der Waals surface area contributed by atoms with Gasteiger partial charge in [0.05, 0.1) is 18.6 Å². The number of hydrogen-bond donors (Lipinski definition) is 2. The molecule has 2 aromatic heterocycles. The molecule has 2 heterocycles. The van der Waals surface area contributed by atoms with E-state index in [1.54, 1.807) is 17.9 Å². The minimum Gasteiger partial charge on any atom is -0.368 e. The van der Waals surface area contributed by atoms with Crippen LogP contribution >= 0.6 is 0 Å². The summed E-state index contributed by atoms with van der Waals surface area (Å²) in [6.45, 7) is 2.02. The quantitative estimate of drug-likeness (QED) is 0.786. The summed E-state index contributed by atoms with van der Waals surface area (Å²) in [6, 6.07) is 0. The number of aromatic nitrogens is 4. The Bertz CT molecular complexity index is 677. The molecule has 0 aliphatic heterocycles. The smallest absolute Gasteiger partial charge is 0.243 e. The van der Waals surface area contributed by atoms with Crippen LogP contribution in [0.25, 0.3) is 0 Å². The lowest BCUT2D eigenvalue weighted by Crippen LogP contribution is -2.24. The molecule has 19 heavy (non-hydrogen) atoms. The molecule has 0 saturated heterocycles. The summed E-state index contributed by atoms with van der Waals surface area (Å²) in [6.07, 6.45) is 3.96. The van der Waals surface area contributed by atoms with Crippen molar-refractivity contribution in [2.24, 2.45) is 7.05 Å². The molecule has 0 fully saturated rings. The number of aryl methyl sites for hydroxylation is 1. The summed E-state index contributed by atoms with van der Waals surface area (Å²) in [7, 11) is -1.86. The molecular formula is C10H14N6O2S. The topological polar surface area (TPSA) is 116 Å². The number of nitrogens with one attached hydrogen (secondary N) is 1. The van der Waals surface area contributed by atoms with Gasteiger partial charge in [-0.1, -0.05) is 0 Å². The zero-order valence-corrected chi connectivity index (χ0v) is 11.3. The molecule has 0 aromatic carbocycles. The van der Waals surface area contributed by atoms with E-state index in [1.165, 1.54) is 12.4 Å². The van der Waals surface area contributed by atoms with Crippen LogP contribution < -0.4 is 10.5 Å². The number of rotatable bonds is 4. The van der Waals surface area contributed by atoms with Crippen LogP contribution in [0, 0.1) is 6.92 Å². The molecule has 0 saturated carbocycles. The standard InChI is InChI=1S/C10H14N6O2S/c1-7-8(3-14-16(7)2)4-15-19(17,18)9-5-12-10(11)13-6-9/h3,5-6,15H,4H2,1-2H3,(H2,11,12,13). The van der Waals surface area contributed by atoms with Gasteiger partial charge in [0.1, 0.15) is 4.90 Å². The van der Waals surface area contributed by atoms with E-state index in [9.17, 15) is 8.42 Å². The highest BCUT2D eigenvalue weighted by Gasteiger charge is 2.16. The Morgan fingerprint density at radius 1 is 1.32 bits per heavy atom. The molecule has 8 nitrogen and oxygen atoms in total. The fraction of sp³-hybridized carbons (Fsp3) is 0.300. The minimum absolute atomic E-state index is 0.0248. The van der Waals surface area contributed by atoms with Crippen molar-refractivity contribution in [1.82, 2.24) is 24.5 Å². The molecule has 0 amide bonds. The summed E-state index contributed by atoms with van der Waals surface area (Å²) >= 11 is 0. The van der Waals surface area contributed by atoms with Crippen molar-refractivity contribution in [3.05, 3.63) is 29.8 Å². The van der Waals surface area contributed by atoms with Crippen LogP contribution in [0.5, 0.6) is 0 Å². The Morgan fingerprint density at radius 3 is 2.47 bits per heavy atom. The van der Waals surface area contributed by atoms with Gasteiger partial charge in [-0.25, -0.2) is 23.1 Å². The minimum atomic E-state index is -3.65. The van der Waals surface area contributed by atoms with Crippen molar-refractivity contribution in [3.8, 4) is 0 Å². The van der Waals surface area contributed by atoms with Crippen molar-refractivity contribution >= 4 is 16.0 Å². The maximum absolute atomic E-state index is 12.0. The lowest BCUT2D eigenvalue weighted by Gasteiger charge is -2.06. The van der Waals surface area contributed by atoms with Crippen molar-refractivity contribution in [3.63, 3.8) is 0 Å². The van der Waals surface area contributed by atoms with Gasteiger partial charge in [-0.3, -0.25) is 4.68 Å². The van der Waals surface area contributed by atoms with Gasteiger partial charge in [0.15, 0.2) is 0 Å². The molecule has 2 aromatic rings. The van der Waals surface area contributed by atoms with Gasteiger partial charge in [0, 0.05) is 24.8 Å². The van der Waals surface area contributed by atoms with Gasteiger partial charge in [0.2, 0.25) is 16.0 Å². The van der Waals surface area contributed by atoms with E-state index in [2.05, 4.69) is 19.8 Å². The van der Waals surface area contributed by atoms with Crippen LogP contribution in [0.1, 0.15) is 11.3 Å². The van der Waals surface area contributed by atoms with Gasteiger partial charge >= 0.3 is 0 Å². The summed E-state index contributed by atoms with van der Waals surface area (Å²) in [5, 5.41) is 4.04. The second-order valence-electron chi connectivity index (χ2n) is 3.98. The Balaban J connectivity index is 2.14. The van der Waals surface area contributed by atoms with Crippen LogP contribution in [-0.2, 0) is 23.6 Å². The Labute approximate surface area is 110 Å². The Hall–Kier alpha value is -2.00. The third kappa shape index (κ3) is 2.88. The molecule has 0 aliphatic rings. The van der Waals surface area contributed by atoms with Crippen LogP contribution in [0.2, 0.25) is 0 Å². The zero-order chi connectivity index (χ0) is 14.0. The van der Waals surface area contributed by atoms with Gasteiger partial charge < -0.3 is 5.73 Å². The van der Waals surface area contributed by atoms with Crippen molar-refractivity contribution in [1.29, 1.82) is 0 Å². The fourth-order valence-electron chi connectivity index (χ4n) is 1.44. The SMILES string of the molecule is Cc1c(CNS(=O)(=O)c2cnc(N)nc2)cnn1C. The second-order valence-corrected chi connectivity index (χ2v) is 5.75. The Kier molecular flexibility index (Phi) is 3.49. The molecule has 3 N–H and O–H groups in total. The van der Waals surface area contributed by atoms with Crippen LogP contribution in [-0.4, -0.2) is 28.2 Å². The number of sulfonamides is 1. The first-order valence-corrected chi connectivity index (χ1v) is 6.93. The maximum atomic E-state index is 12.0. The molecule has 2 rings (SSSR count). The first-order valence-electron chi connectivity index (χ1n) is 5.45. The highest BCUT2D eigenvalue weighted by Crippen LogP contribution is 2.09. The van der Waals surface area contributed by atoms with Crippen molar-refractivity contribution in [2.45, 2.75) is 18.4 Å². The second kappa shape index (κ2) is 4.94. The molecule has 9 heteroatoms. The molecule has 0 aliphatic carbocycles. The van der Waals surface area contributed by atoms with E-state index in [0.717, 1.165) is 11.3 Å². The first-order chi connectivity index (χ1) is 8.90. The number of nitrogen functional groups attached to an aromatic ring is 1. The highest BCUT2D eigenvalue weighted by atomic mass is 32.2. The summed E-state index contributed by atoms with van der Waals surface area (Å²) in [5.74, 6) is 0.0297. The predicted octanol–water partition coefficient (Wildman–Crippen LogP) is -0.421. The molecule has 0 atom stereocenters. The summed E-state index contributed by atoms with van der Waals surface area (Å²) in [5.41, 5.74) is 7.02. The third-order valence-electron chi connectivity index (χ3n) is 2.75. The lowest BCUT2D eigenvalue weighted by molar-refractivity contribution is 0.580. The van der Waals surface area contributed by atoms with E-state index in [1.807, 2.05) is 6.92 Å². The van der Waals surface area contributed by atoms with E-state index in [4.69, 9.17) is 5.73 Å². The molecular weight excluding hydrogens is 268 g/mol. The molecule has 102 valence electrons. The van der Waals surface area contributed by atoms with Crippen LogP contribution in [0.15, 0.2) is 23.5 Å². The Morgan fingerprint density at radius 2 is 1.95 bits per heavy atom. The number of anilines is 1. The fourth-order valence-corrected chi connectivity index (χ4v) is 2.33. The van der Waals surface area contributed by atoms with Crippen LogP contribution in [0.3, 0.4) is 0 Å². The molecule has 0 unspecified atom stereocenters. The van der Waals surface area contributed by atoms with E-state index in [0.29, 0.717) is 0 Å².